The molecule has 4 N–H and O–H groups in total. The molecule has 0 radical (unpaired) electrons. The minimum atomic E-state index is -4.55. The van der Waals surface area contributed by atoms with Crippen molar-refractivity contribution in [1.82, 2.24) is 10.5 Å². The van der Waals surface area contributed by atoms with Crippen molar-refractivity contribution in [2.75, 3.05) is 0 Å². The summed E-state index contributed by atoms with van der Waals surface area (Å²) in [5.74, 6) is -0.537. The van der Waals surface area contributed by atoms with Gasteiger partial charge in [-0.3, -0.25) is 4.98 Å². The fourth-order valence-corrected chi connectivity index (χ4v) is 3.60. The molecule has 1 heterocycles. The summed E-state index contributed by atoms with van der Waals surface area (Å²) < 4.78 is 21.5. The van der Waals surface area contributed by atoms with Crippen molar-refractivity contribution in [3.63, 3.8) is 0 Å². The third kappa shape index (κ3) is 8.08. The molecule has 0 bridgehead atoms. The number of carbonyl (C=O) groups is 1. The smallest absolute Gasteiger partial charge is 0.412 e. The van der Waals surface area contributed by atoms with Gasteiger partial charge in [0.15, 0.2) is 0 Å². The molecule has 1 amide bonds. The van der Waals surface area contributed by atoms with Crippen LogP contribution in [0.5, 0.6) is 0 Å². The van der Waals surface area contributed by atoms with Gasteiger partial charge in [-0.15, -0.1) is 0 Å². The number of aromatic nitrogens is 1. The zero-order chi connectivity index (χ0) is 16.4. The van der Waals surface area contributed by atoms with Gasteiger partial charge in [-0.05, 0) is 28.1 Å². The Hall–Kier alpha value is -1.48. The zero-order valence-corrected chi connectivity index (χ0v) is 15.5. The Balaban J connectivity index is 0.000000509. The fraction of sp³-hybridized carbons (Fsp3) is 0.0769. The molecule has 2 rings (SSSR count). The van der Waals surface area contributed by atoms with E-state index in [9.17, 15) is 8.53 Å². The molecule has 0 saturated carbocycles. The van der Waals surface area contributed by atoms with Crippen LogP contribution in [0.1, 0.15) is 6.92 Å². The normalized spacial score (nSPS) is 12.0. The number of pyridine rings is 1. The largest absolute Gasteiger partial charge is 0.412 e. The van der Waals surface area contributed by atoms with E-state index < -0.39 is 20.1 Å². The second-order valence-corrected chi connectivity index (χ2v) is 8.65. The van der Waals surface area contributed by atoms with E-state index >= 15 is 0 Å². The second-order valence-electron chi connectivity index (χ2n) is 3.84. The van der Waals surface area contributed by atoms with E-state index in [0.29, 0.717) is 0 Å². The Kier molecular flexibility index (Phi) is 10.4. The van der Waals surface area contributed by atoms with Gasteiger partial charge >= 0.3 is 88.7 Å². The van der Waals surface area contributed by atoms with Crippen LogP contribution in [0.2, 0.25) is 0 Å². The summed E-state index contributed by atoms with van der Waals surface area (Å²) in [5.41, 5.74) is 1.88. The van der Waals surface area contributed by atoms with E-state index in [1.165, 1.54) is 19.1 Å². The van der Waals surface area contributed by atoms with Crippen molar-refractivity contribution < 1.29 is 27.0 Å². The summed E-state index contributed by atoms with van der Waals surface area (Å²) in [6.45, 7) is 1.18. The number of hydroxylamine groups is 1. The summed E-state index contributed by atoms with van der Waals surface area (Å²) >= 11 is -1.30. The van der Waals surface area contributed by atoms with Crippen LogP contribution in [0, 0.1) is 0 Å². The number of nitrogens with zero attached hydrogens (tertiary/aromatic N) is 1. The molecule has 0 saturated heterocycles. The first-order valence-corrected chi connectivity index (χ1v) is 10.0. The quantitative estimate of drug-likeness (QED) is 0.403. The van der Waals surface area contributed by atoms with E-state index in [4.69, 9.17) is 5.26 Å². The Morgan fingerprint density at radius 1 is 1.26 bits per heavy atom. The summed E-state index contributed by atoms with van der Waals surface area (Å²) in [4.78, 5) is 14.4. The first-order chi connectivity index (χ1) is 10.5. The number of rotatable bonds is 4. The monoisotopic (exact) mass is 450 g/mol. The van der Waals surface area contributed by atoms with Crippen molar-refractivity contribution in [3.05, 3.63) is 59.3 Å². The van der Waals surface area contributed by atoms with E-state index in [1.54, 1.807) is 30.6 Å². The topological polar surface area (TPSA) is 129 Å². The molecule has 0 spiro atoms. The molecule has 1 unspecified atom stereocenters. The summed E-state index contributed by atoms with van der Waals surface area (Å²) in [7, 11) is 0. The Labute approximate surface area is 144 Å². The van der Waals surface area contributed by atoms with Crippen molar-refractivity contribution in [3.8, 4) is 0 Å². The number of benzene rings is 1. The summed E-state index contributed by atoms with van der Waals surface area (Å²) in [6.07, 6.45) is 3.49. The first-order valence-electron chi connectivity index (χ1n) is 5.97. The van der Waals surface area contributed by atoms with Gasteiger partial charge in [-0.25, -0.2) is 0 Å². The third-order valence-electron chi connectivity index (χ3n) is 2.11. The maximum absolute atomic E-state index is 11.8. The van der Waals surface area contributed by atoms with Gasteiger partial charge < -0.3 is 5.48 Å². The van der Waals surface area contributed by atoms with Crippen molar-refractivity contribution >= 4 is 40.4 Å². The molecular weight excluding hydrogens is 435 g/mol. The molecular formula is C13H16AsBrN2O6. The van der Waals surface area contributed by atoms with Crippen LogP contribution in [-0.2, 0) is 16.2 Å². The predicted molar refractivity (Wildman–Crippen MR) is 86.7 cm³/mol. The second kappa shape index (κ2) is 11.1. The summed E-state index contributed by atoms with van der Waals surface area (Å²) in [6, 6.07) is 11.7. The number of amides is 1. The fourth-order valence-electron chi connectivity index (χ4n) is 1.19. The minimum Gasteiger partial charge on any atom is -0.412 e. The predicted octanol–water partition coefficient (Wildman–Crippen LogP) is 0.840. The Bertz CT molecular complexity index is 629. The van der Waals surface area contributed by atoms with Crippen LogP contribution in [0.3, 0.4) is 0 Å². The Morgan fingerprint density at radius 3 is 2.30 bits per heavy atom. The van der Waals surface area contributed by atoms with Gasteiger partial charge in [0.25, 0.3) is 0 Å². The van der Waals surface area contributed by atoms with Gasteiger partial charge in [0.1, 0.15) is 0 Å². The van der Waals surface area contributed by atoms with Crippen LogP contribution >= 0.6 is 15.9 Å². The average molecular weight is 451 g/mol. The molecule has 0 aliphatic rings. The van der Waals surface area contributed by atoms with Crippen molar-refractivity contribution in [2.24, 2.45) is 0 Å². The van der Waals surface area contributed by atoms with Crippen LogP contribution in [-0.4, -0.2) is 35.8 Å². The van der Waals surface area contributed by atoms with E-state index in [-0.39, 0.29) is 9.83 Å². The van der Waals surface area contributed by atoms with Gasteiger partial charge in [0.05, 0.1) is 0 Å². The van der Waals surface area contributed by atoms with Crippen LogP contribution in [0.4, 0.5) is 0 Å². The van der Waals surface area contributed by atoms with E-state index in [2.05, 4.69) is 28.6 Å². The van der Waals surface area contributed by atoms with Crippen molar-refractivity contribution in [1.29, 1.82) is 0 Å². The van der Waals surface area contributed by atoms with Crippen LogP contribution < -0.4 is 9.83 Å². The molecule has 0 aliphatic heterocycles. The molecule has 0 fully saturated rings. The minimum absolute atomic E-state index is 0. The first kappa shape index (κ1) is 21.5. The molecule has 126 valence electrons. The molecule has 23 heavy (non-hydrogen) atoms. The molecule has 0 aliphatic carbocycles. The average Bonchev–Trinajstić information content (AvgIpc) is 2.55. The number of nitrogens with one attached hydrogen (secondary N) is 1. The van der Waals surface area contributed by atoms with Gasteiger partial charge in [-0.2, -0.15) is 0 Å². The van der Waals surface area contributed by atoms with E-state index in [1.807, 2.05) is 17.6 Å². The Morgan fingerprint density at radius 2 is 1.91 bits per heavy atom. The van der Waals surface area contributed by atoms with Gasteiger partial charge in [0.2, 0.25) is 0 Å². The number of hydrogen-bond acceptors (Lipinski definition) is 6. The van der Waals surface area contributed by atoms with E-state index in [0.717, 1.165) is 4.47 Å². The molecule has 1 aromatic carbocycles. The van der Waals surface area contributed by atoms with Crippen molar-refractivity contribution in [2.45, 2.75) is 6.92 Å². The zero-order valence-electron chi connectivity index (χ0n) is 12.0. The summed E-state index contributed by atoms with van der Waals surface area (Å²) in [5, 5.41) is 8.54. The molecule has 1 aromatic heterocycles. The standard InChI is InChI=1S/C8H10AsNO5.C5H4BrN.H2O/c1-7(11)10-14-9(12,15-13)8-5-3-2-4-6-8;6-5-2-1-3-7-4-5;/h2-6,13H,1H3,(H,10,11);1-4H;1H2. The van der Waals surface area contributed by atoms with Crippen LogP contribution in [0.15, 0.2) is 59.3 Å². The number of carbonyl (C=O) groups excluding carboxylic acids is 1. The van der Waals surface area contributed by atoms with Gasteiger partial charge in [0, 0.05) is 16.9 Å². The number of hydrogen-bond donors (Lipinski definition) is 2. The number of halogens is 1. The molecule has 1 atom stereocenters. The van der Waals surface area contributed by atoms with Gasteiger partial charge in [-0.1, -0.05) is 0 Å². The maximum Gasteiger partial charge on any atom is -0.412 e. The molecule has 2 aromatic rings. The van der Waals surface area contributed by atoms with Crippen LogP contribution in [0.25, 0.3) is 0 Å². The third-order valence-corrected chi connectivity index (χ3v) is 5.68. The maximum atomic E-state index is 11.8. The molecule has 10 heteroatoms. The molecule has 8 nitrogen and oxygen atoms in total. The SMILES string of the molecule is Brc1cccnc1.CC(=O)NO[As](=O)(OO)c1ccccc1.O.